The summed E-state index contributed by atoms with van der Waals surface area (Å²) in [4.78, 5) is 0. The first kappa shape index (κ1) is 14.3. The number of allylic oxidation sites excluding steroid dienone is 1. The van der Waals surface area contributed by atoms with Crippen LogP contribution in [0.25, 0.3) is 5.57 Å². The number of aliphatic hydroxyl groups is 2. The Kier molecular flexibility index (Phi) is 4.32. The Morgan fingerprint density at radius 3 is 2.22 bits per heavy atom. The van der Waals surface area contributed by atoms with Crippen molar-refractivity contribution in [1.29, 1.82) is 0 Å². The van der Waals surface area contributed by atoms with Gasteiger partial charge < -0.3 is 10.2 Å². The van der Waals surface area contributed by atoms with Crippen LogP contribution in [-0.2, 0) is 0 Å². The van der Waals surface area contributed by atoms with E-state index < -0.39 is 5.41 Å². The van der Waals surface area contributed by atoms with E-state index in [9.17, 15) is 10.2 Å². The lowest BCUT2D eigenvalue weighted by Crippen LogP contribution is -2.39. The lowest BCUT2D eigenvalue weighted by molar-refractivity contribution is 0.0897. The Bertz CT molecular complexity index is 436. The molecule has 18 heavy (non-hydrogen) atoms. The zero-order chi connectivity index (χ0) is 13.2. The van der Waals surface area contributed by atoms with Crippen LogP contribution in [0, 0.1) is 5.41 Å². The van der Waals surface area contributed by atoms with Crippen molar-refractivity contribution in [1.82, 2.24) is 0 Å². The van der Waals surface area contributed by atoms with Gasteiger partial charge in [-0.25, -0.2) is 0 Å². The van der Waals surface area contributed by atoms with Crippen LogP contribution in [0.1, 0.15) is 18.4 Å². The Morgan fingerprint density at radius 1 is 1.06 bits per heavy atom. The molecule has 0 heterocycles. The highest BCUT2D eigenvalue weighted by Gasteiger charge is 2.44. The zero-order valence-corrected chi connectivity index (χ0v) is 13.1. The minimum absolute atomic E-state index is 0.0663. The van der Waals surface area contributed by atoms with Crippen molar-refractivity contribution in [3.05, 3.63) is 42.0 Å². The Hall–Kier alpha value is -0.160. The monoisotopic (exact) mass is 374 g/mol. The summed E-state index contributed by atoms with van der Waals surface area (Å²) in [6, 6.07) is 9.94. The molecule has 98 valence electrons. The molecule has 1 aliphatic carbocycles. The second-order valence-corrected chi connectivity index (χ2v) is 8.92. The molecule has 0 radical (unpaired) electrons. The van der Waals surface area contributed by atoms with Crippen LogP contribution in [0.3, 0.4) is 0 Å². The van der Waals surface area contributed by atoms with E-state index in [1.54, 1.807) is 0 Å². The molecule has 0 saturated heterocycles. The van der Waals surface area contributed by atoms with Crippen molar-refractivity contribution in [3.63, 3.8) is 0 Å². The van der Waals surface area contributed by atoms with Crippen molar-refractivity contribution < 1.29 is 10.2 Å². The van der Waals surface area contributed by atoms with Crippen LogP contribution >= 0.6 is 31.9 Å². The van der Waals surface area contributed by atoms with Gasteiger partial charge in [0.1, 0.15) is 0 Å². The van der Waals surface area contributed by atoms with Crippen LogP contribution < -0.4 is 0 Å². The molecule has 1 aliphatic rings. The molecule has 1 aromatic rings. The number of aliphatic hydroxyl groups excluding tert-OH is 2. The third kappa shape index (κ3) is 2.72. The molecular weight excluding hydrogens is 360 g/mol. The first-order chi connectivity index (χ1) is 8.53. The third-order valence-electron chi connectivity index (χ3n) is 3.46. The maximum Gasteiger partial charge on any atom is 0.0850 e. The van der Waals surface area contributed by atoms with Gasteiger partial charge in [0.25, 0.3) is 0 Å². The van der Waals surface area contributed by atoms with E-state index in [1.165, 1.54) is 0 Å². The van der Waals surface area contributed by atoms with E-state index in [-0.39, 0.29) is 16.4 Å². The Morgan fingerprint density at radius 2 is 1.67 bits per heavy atom. The molecule has 0 unspecified atom stereocenters. The fraction of sp³-hybridized carbons (Fsp3) is 0.429. The summed E-state index contributed by atoms with van der Waals surface area (Å²) < 4.78 is -0.246. The van der Waals surface area contributed by atoms with Gasteiger partial charge in [0.2, 0.25) is 0 Å². The molecule has 2 N–H and O–H groups in total. The second kappa shape index (κ2) is 5.45. The van der Waals surface area contributed by atoms with E-state index in [2.05, 4.69) is 37.9 Å². The highest BCUT2D eigenvalue weighted by atomic mass is 79.9. The average molecular weight is 376 g/mol. The topological polar surface area (TPSA) is 40.5 Å². The molecule has 0 atom stereocenters. The van der Waals surface area contributed by atoms with Crippen molar-refractivity contribution in [2.75, 3.05) is 13.2 Å². The lowest BCUT2D eigenvalue weighted by atomic mass is 9.71. The first-order valence-corrected chi connectivity index (χ1v) is 7.47. The van der Waals surface area contributed by atoms with Crippen molar-refractivity contribution >= 4 is 37.4 Å². The molecule has 0 amide bonds. The molecule has 0 aliphatic heterocycles. The maximum atomic E-state index is 9.76. The largest absolute Gasteiger partial charge is 0.395 e. The smallest absolute Gasteiger partial charge is 0.0850 e. The maximum absolute atomic E-state index is 9.76. The number of hydrogen-bond donors (Lipinski definition) is 2. The lowest BCUT2D eigenvalue weighted by Gasteiger charge is -2.41. The zero-order valence-electron chi connectivity index (χ0n) is 9.94. The average Bonchev–Trinajstić information content (AvgIpc) is 2.38. The van der Waals surface area contributed by atoms with Crippen molar-refractivity contribution in [2.24, 2.45) is 5.41 Å². The standard InChI is InChI=1S/C14H16Br2O2/c15-14(16)7-6-12(11-4-2-1-3-5-11)13(8-14,9-17)10-18/h1-6,17-18H,7-10H2. The van der Waals surface area contributed by atoms with Gasteiger partial charge in [0.05, 0.1) is 16.4 Å². The van der Waals surface area contributed by atoms with Crippen LogP contribution in [0.15, 0.2) is 36.4 Å². The summed E-state index contributed by atoms with van der Waals surface area (Å²) in [6.45, 7) is -0.133. The molecule has 0 saturated carbocycles. The summed E-state index contributed by atoms with van der Waals surface area (Å²) in [5.74, 6) is 0. The van der Waals surface area contributed by atoms with Gasteiger partial charge in [0.15, 0.2) is 0 Å². The van der Waals surface area contributed by atoms with E-state index in [1.807, 2.05) is 30.3 Å². The van der Waals surface area contributed by atoms with E-state index >= 15 is 0 Å². The van der Waals surface area contributed by atoms with Gasteiger partial charge in [-0.2, -0.15) is 0 Å². The van der Waals surface area contributed by atoms with Crippen LogP contribution in [0.4, 0.5) is 0 Å². The van der Waals surface area contributed by atoms with Gasteiger partial charge in [-0.1, -0.05) is 68.3 Å². The summed E-state index contributed by atoms with van der Waals surface area (Å²) in [5.41, 5.74) is 1.49. The van der Waals surface area contributed by atoms with Gasteiger partial charge in [-0.3, -0.25) is 0 Å². The summed E-state index contributed by atoms with van der Waals surface area (Å²) in [6.07, 6.45) is 3.56. The predicted octanol–water partition coefficient (Wildman–Crippen LogP) is 3.32. The SMILES string of the molecule is OCC1(CO)CC(Br)(Br)CC=C1c1ccccc1. The summed E-state index contributed by atoms with van der Waals surface area (Å²) in [7, 11) is 0. The fourth-order valence-electron chi connectivity index (χ4n) is 2.50. The summed E-state index contributed by atoms with van der Waals surface area (Å²) in [5, 5.41) is 19.5. The molecule has 1 aromatic carbocycles. The van der Waals surface area contributed by atoms with E-state index in [4.69, 9.17) is 0 Å². The number of benzene rings is 1. The second-order valence-electron chi connectivity index (χ2n) is 4.82. The van der Waals surface area contributed by atoms with Crippen LogP contribution in [0.5, 0.6) is 0 Å². The number of rotatable bonds is 3. The van der Waals surface area contributed by atoms with E-state index in [0.29, 0.717) is 6.42 Å². The molecule has 0 bridgehead atoms. The molecule has 0 spiro atoms. The van der Waals surface area contributed by atoms with Crippen LogP contribution in [0.2, 0.25) is 0 Å². The van der Waals surface area contributed by atoms with Gasteiger partial charge in [0, 0.05) is 5.41 Å². The van der Waals surface area contributed by atoms with Crippen molar-refractivity contribution in [3.8, 4) is 0 Å². The van der Waals surface area contributed by atoms with Crippen LogP contribution in [-0.4, -0.2) is 26.7 Å². The Labute approximate surface area is 124 Å². The van der Waals surface area contributed by atoms with Gasteiger partial charge in [-0.15, -0.1) is 0 Å². The molecule has 2 rings (SSSR count). The van der Waals surface area contributed by atoms with Crippen molar-refractivity contribution in [2.45, 2.75) is 16.1 Å². The molecule has 0 fully saturated rings. The van der Waals surface area contributed by atoms with Gasteiger partial charge in [-0.05, 0) is 24.0 Å². The number of alkyl halides is 2. The Balaban J connectivity index is 2.47. The summed E-state index contributed by atoms with van der Waals surface area (Å²) >= 11 is 7.20. The normalized spacial score (nSPS) is 21.4. The fourth-order valence-corrected chi connectivity index (χ4v) is 3.90. The quantitative estimate of drug-likeness (QED) is 0.795. The first-order valence-electron chi connectivity index (χ1n) is 5.89. The number of hydrogen-bond acceptors (Lipinski definition) is 2. The van der Waals surface area contributed by atoms with Gasteiger partial charge >= 0.3 is 0 Å². The highest BCUT2D eigenvalue weighted by molar-refractivity contribution is 9.25. The molecule has 2 nitrogen and oxygen atoms in total. The highest BCUT2D eigenvalue weighted by Crippen LogP contribution is 2.52. The molecule has 4 heteroatoms. The molecule has 0 aromatic heterocycles. The predicted molar refractivity (Wildman–Crippen MR) is 80.8 cm³/mol. The number of halogens is 2. The minimum Gasteiger partial charge on any atom is -0.395 e. The third-order valence-corrected chi connectivity index (χ3v) is 4.67. The minimum atomic E-state index is -0.605. The molecular formula is C14H16Br2O2. The van der Waals surface area contributed by atoms with E-state index in [0.717, 1.165) is 17.6 Å².